The molecule has 100 valence electrons. The highest BCUT2D eigenvalue weighted by Crippen LogP contribution is 2.28. The van der Waals surface area contributed by atoms with Gasteiger partial charge in [0.15, 0.2) is 0 Å². The molecule has 0 saturated carbocycles. The monoisotopic (exact) mass is 256 g/mol. The van der Waals surface area contributed by atoms with E-state index in [0.717, 1.165) is 30.6 Å². The van der Waals surface area contributed by atoms with Crippen molar-refractivity contribution >= 4 is 10.9 Å². The number of hydrogen-bond donors (Lipinski definition) is 2. The highest BCUT2D eigenvalue weighted by atomic mass is 16.1. The molecule has 2 heterocycles. The van der Waals surface area contributed by atoms with Crippen LogP contribution in [0.2, 0.25) is 0 Å². The molecule has 0 amide bonds. The van der Waals surface area contributed by atoms with Gasteiger partial charge < -0.3 is 10.3 Å². The summed E-state index contributed by atoms with van der Waals surface area (Å²) in [5.41, 5.74) is 3.49. The second kappa shape index (κ2) is 5.17. The molecule has 1 aliphatic rings. The molecule has 1 aromatic carbocycles. The minimum Gasteiger partial charge on any atom is -0.322 e. The van der Waals surface area contributed by atoms with Gasteiger partial charge in [0.2, 0.25) is 5.56 Å². The first-order chi connectivity index (χ1) is 9.28. The first-order valence-corrected chi connectivity index (χ1v) is 7.14. The Balaban J connectivity index is 2.07. The fraction of sp³-hybridized carbons (Fsp3) is 0.438. The van der Waals surface area contributed by atoms with E-state index in [0.29, 0.717) is 5.92 Å². The summed E-state index contributed by atoms with van der Waals surface area (Å²) < 4.78 is 0. The Bertz CT molecular complexity index is 639. The van der Waals surface area contributed by atoms with Crippen LogP contribution in [0.1, 0.15) is 36.8 Å². The van der Waals surface area contributed by atoms with Crippen molar-refractivity contribution in [1.82, 2.24) is 10.3 Å². The van der Waals surface area contributed by atoms with E-state index in [1.165, 1.54) is 23.8 Å². The third-order valence-corrected chi connectivity index (χ3v) is 4.14. The molecule has 0 unspecified atom stereocenters. The fourth-order valence-electron chi connectivity index (χ4n) is 3.05. The number of aryl methyl sites for hydroxylation is 1. The Kier molecular flexibility index (Phi) is 3.38. The van der Waals surface area contributed by atoms with Crippen LogP contribution < -0.4 is 10.9 Å². The number of piperidine rings is 1. The maximum atomic E-state index is 11.7. The van der Waals surface area contributed by atoms with Gasteiger partial charge >= 0.3 is 0 Å². The highest BCUT2D eigenvalue weighted by molar-refractivity contribution is 5.82. The van der Waals surface area contributed by atoms with Gasteiger partial charge in [0.1, 0.15) is 0 Å². The lowest BCUT2D eigenvalue weighted by Crippen LogP contribution is -2.26. The average molecular weight is 256 g/mol. The number of H-pyrrole nitrogens is 1. The summed E-state index contributed by atoms with van der Waals surface area (Å²) in [6, 6.07) is 8.29. The zero-order chi connectivity index (χ0) is 13.2. The third kappa shape index (κ3) is 2.43. The molecule has 3 heteroatoms. The van der Waals surface area contributed by atoms with Crippen LogP contribution in [0.5, 0.6) is 0 Å². The maximum Gasteiger partial charge on any atom is 0.248 e. The van der Waals surface area contributed by atoms with Crippen molar-refractivity contribution in [3.8, 4) is 0 Å². The van der Waals surface area contributed by atoms with Gasteiger partial charge in [-0.2, -0.15) is 0 Å². The van der Waals surface area contributed by atoms with Crippen LogP contribution >= 0.6 is 0 Å². The van der Waals surface area contributed by atoms with Gasteiger partial charge in [-0.25, -0.2) is 0 Å². The molecule has 1 aromatic heterocycles. The minimum atomic E-state index is 0.00631. The van der Waals surface area contributed by atoms with Crippen LogP contribution in [0.3, 0.4) is 0 Å². The second-order valence-corrected chi connectivity index (χ2v) is 5.34. The zero-order valence-electron chi connectivity index (χ0n) is 11.3. The van der Waals surface area contributed by atoms with E-state index in [9.17, 15) is 4.79 Å². The van der Waals surface area contributed by atoms with Gasteiger partial charge in [0, 0.05) is 17.0 Å². The molecule has 3 rings (SSSR count). The van der Waals surface area contributed by atoms with Crippen molar-refractivity contribution in [2.24, 2.45) is 0 Å². The normalized spacial score (nSPS) is 16.9. The number of pyridine rings is 1. The van der Waals surface area contributed by atoms with Crippen molar-refractivity contribution in [3.05, 3.63) is 45.7 Å². The van der Waals surface area contributed by atoms with E-state index in [1.807, 2.05) is 0 Å². The summed E-state index contributed by atoms with van der Waals surface area (Å²) in [7, 11) is 0. The molecule has 3 nitrogen and oxygen atoms in total. The third-order valence-electron chi connectivity index (χ3n) is 4.14. The standard InChI is InChI=1S/C16H20N2O/c1-2-11-10-16(19)18-15-9-13(3-4-14(11)15)12-5-7-17-8-6-12/h3-4,9-10,12,17H,2,5-8H2,1H3,(H,18,19). The minimum absolute atomic E-state index is 0.00631. The molecule has 1 saturated heterocycles. The Morgan fingerprint density at radius 3 is 2.74 bits per heavy atom. The average Bonchev–Trinajstić information content (AvgIpc) is 2.46. The first-order valence-electron chi connectivity index (χ1n) is 7.14. The van der Waals surface area contributed by atoms with Gasteiger partial charge in [0.05, 0.1) is 0 Å². The number of nitrogens with one attached hydrogen (secondary N) is 2. The first kappa shape index (κ1) is 12.4. The van der Waals surface area contributed by atoms with E-state index in [-0.39, 0.29) is 5.56 Å². The number of fused-ring (bicyclic) bond motifs is 1. The predicted molar refractivity (Wildman–Crippen MR) is 78.8 cm³/mol. The summed E-state index contributed by atoms with van der Waals surface area (Å²) in [4.78, 5) is 14.7. The van der Waals surface area contributed by atoms with Crippen molar-refractivity contribution < 1.29 is 0 Å². The van der Waals surface area contributed by atoms with Gasteiger partial charge in [-0.3, -0.25) is 4.79 Å². The number of hydrogen-bond acceptors (Lipinski definition) is 2. The predicted octanol–water partition coefficient (Wildman–Crippen LogP) is 2.56. The molecule has 19 heavy (non-hydrogen) atoms. The molecule has 0 spiro atoms. The lowest BCUT2D eigenvalue weighted by molar-refractivity contribution is 0.460. The van der Waals surface area contributed by atoms with Gasteiger partial charge in [-0.15, -0.1) is 0 Å². The Labute approximate surface area is 113 Å². The molecule has 2 aromatic rings. The summed E-state index contributed by atoms with van der Waals surface area (Å²) >= 11 is 0. The number of aromatic amines is 1. The lowest BCUT2D eigenvalue weighted by atomic mass is 9.89. The molecule has 2 N–H and O–H groups in total. The second-order valence-electron chi connectivity index (χ2n) is 5.34. The van der Waals surface area contributed by atoms with Crippen LogP contribution in [-0.4, -0.2) is 18.1 Å². The van der Waals surface area contributed by atoms with Crippen LogP contribution in [-0.2, 0) is 6.42 Å². The van der Waals surface area contributed by atoms with Crippen molar-refractivity contribution in [2.75, 3.05) is 13.1 Å². The van der Waals surface area contributed by atoms with E-state index in [1.54, 1.807) is 6.07 Å². The fourth-order valence-corrected chi connectivity index (χ4v) is 3.05. The van der Waals surface area contributed by atoms with Crippen molar-refractivity contribution in [1.29, 1.82) is 0 Å². The number of rotatable bonds is 2. The quantitative estimate of drug-likeness (QED) is 0.867. The number of aromatic nitrogens is 1. The van der Waals surface area contributed by atoms with Gasteiger partial charge in [0.25, 0.3) is 0 Å². The zero-order valence-corrected chi connectivity index (χ0v) is 11.3. The molecule has 0 atom stereocenters. The van der Waals surface area contributed by atoms with Gasteiger partial charge in [-0.1, -0.05) is 19.1 Å². The largest absolute Gasteiger partial charge is 0.322 e. The van der Waals surface area contributed by atoms with E-state index in [2.05, 4.69) is 35.4 Å². The molecule has 0 bridgehead atoms. The van der Waals surface area contributed by atoms with Crippen LogP contribution in [0, 0.1) is 0 Å². The molecule has 1 aliphatic heterocycles. The summed E-state index contributed by atoms with van der Waals surface area (Å²) in [6.07, 6.45) is 3.26. The van der Waals surface area contributed by atoms with Crippen LogP contribution in [0.25, 0.3) is 10.9 Å². The Morgan fingerprint density at radius 1 is 1.21 bits per heavy atom. The molecule has 0 radical (unpaired) electrons. The van der Waals surface area contributed by atoms with Crippen LogP contribution in [0.15, 0.2) is 29.1 Å². The van der Waals surface area contributed by atoms with Crippen LogP contribution in [0.4, 0.5) is 0 Å². The molecule has 1 fully saturated rings. The van der Waals surface area contributed by atoms with E-state index in [4.69, 9.17) is 0 Å². The SMILES string of the molecule is CCc1cc(=O)[nH]c2cc(C3CCNCC3)ccc12. The maximum absolute atomic E-state index is 11.7. The van der Waals surface area contributed by atoms with E-state index >= 15 is 0 Å². The summed E-state index contributed by atoms with van der Waals surface area (Å²) in [6.45, 7) is 4.28. The molecular weight excluding hydrogens is 236 g/mol. The number of benzene rings is 1. The van der Waals surface area contributed by atoms with E-state index < -0.39 is 0 Å². The summed E-state index contributed by atoms with van der Waals surface area (Å²) in [5.74, 6) is 0.624. The van der Waals surface area contributed by atoms with Crippen molar-refractivity contribution in [2.45, 2.75) is 32.1 Å². The van der Waals surface area contributed by atoms with Crippen molar-refractivity contribution in [3.63, 3.8) is 0 Å². The van der Waals surface area contributed by atoms with Gasteiger partial charge in [-0.05, 0) is 55.5 Å². The Morgan fingerprint density at radius 2 is 2.00 bits per heavy atom. The smallest absolute Gasteiger partial charge is 0.248 e. The molecule has 0 aliphatic carbocycles. The highest BCUT2D eigenvalue weighted by Gasteiger charge is 2.15. The molecular formula is C16H20N2O. The lowest BCUT2D eigenvalue weighted by Gasteiger charge is -2.23. The Hall–Kier alpha value is -1.61. The summed E-state index contributed by atoms with van der Waals surface area (Å²) in [5, 5.41) is 4.57. The topological polar surface area (TPSA) is 44.9 Å².